The van der Waals surface area contributed by atoms with E-state index in [0.29, 0.717) is 31.9 Å². The second-order valence-electron chi connectivity index (χ2n) is 7.71. The van der Waals surface area contributed by atoms with Crippen LogP contribution in [0.15, 0.2) is 41.5 Å². The molecule has 0 unspecified atom stereocenters. The molecule has 0 atom stereocenters. The van der Waals surface area contributed by atoms with Crippen molar-refractivity contribution in [1.29, 1.82) is 0 Å². The van der Waals surface area contributed by atoms with E-state index in [9.17, 15) is 14.0 Å². The standard InChI is InChI=1S/C23H21FN6O4/c1-14-12-26-23(27-13-14)29-8-6-16(7-9-29)34-19-11-20(31)30(28-21(19)22(32)33-3)15-4-5-18(25-2)17(24)10-15/h4-5,10-13,16H,6-9H2,1,3H3. The number of carbonyl (C=O) groups is 1. The van der Waals surface area contributed by atoms with Gasteiger partial charge in [0.05, 0.1) is 25.4 Å². The Bertz CT molecular complexity index is 1310. The number of anilines is 1. The fraction of sp³-hybridized carbons (Fsp3) is 0.304. The van der Waals surface area contributed by atoms with E-state index in [0.717, 1.165) is 22.4 Å². The lowest BCUT2D eigenvalue weighted by molar-refractivity contribution is 0.0581. The van der Waals surface area contributed by atoms with E-state index in [1.165, 1.54) is 19.2 Å². The zero-order valence-electron chi connectivity index (χ0n) is 18.6. The van der Waals surface area contributed by atoms with Crippen molar-refractivity contribution in [3.63, 3.8) is 0 Å². The summed E-state index contributed by atoms with van der Waals surface area (Å²) in [7, 11) is 1.19. The Kier molecular flexibility index (Phi) is 6.49. The molecule has 1 aliphatic heterocycles. The van der Waals surface area contributed by atoms with Gasteiger partial charge in [-0.2, -0.15) is 9.78 Å². The van der Waals surface area contributed by atoms with Gasteiger partial charge >= 0.3 is 5.97 Å². The van der Waals surface area contributed by atoms with Gasteiger partial charge in [0.1, 0.15) is 11.9 Å². The number of aryl methyl sites for hydroxylation is 1. The first kappa shape index (κ1) is 22.8. The number of ether oxygens (including phenoxy) is 2. The molecule has 0 amide bonds. The number of nitrogens with zero attached hydrogens (tertiary/aromatic N) is 6. The third kappa shape index (κ3) is 4.71. The fourth-order valence-electron chi connectivity index (χ4n) is 3.57. The minimum Gasteiger partial charge on any atom is -0.487 e. The monoisotopic (exact) mass is 464 g/mol. The number of hydrogen-bond donors (Lipinski definition) is 0. The van der Waals surface area contributed by atoms with Gasteiger partial charge in [0.2, 0.25) is 17.3 Å². The summed E-state index contributed by atoms with van der Waals surface area (Å²) in [6.45, 7) is 10.1. The van der Waals surface area contributed by atoms with E-state index < -0.39 is 17.3 Å². The predicted octanol–water partition coefficient (Wildman–Crippen LogP) is 2.86. The molecule has 1 aliphatic rings. The van der Waals surface area contributed by atoms with Crippen LogP contribution in [0.2, 0.25) is 0 Å². The molecule has 10 nitrogen and oxygen atoms in total. The molecule has 174 valence electrons. The van der Waals surface area contributed by atoms with Crippen LogP contribution in [0.25, 0.3) is 10.5 Å². The third-order valence-corrected chi connectivity index (χ3v) is 5.36. The minimum atomic E-state index is -0.800. The maximum atomic E-state index is 14.1. The lowest BCUT2D eigenvalue weighted by Gasteiger charge is -2.32. The SMILES string of the molecule is [C-]#[N+]c1ccc(-n2nc(C(=O)OC)c(OC3CCN(c4ncc(C)cn4)CC3)cc2=O)cc1F. The van der Waals surface area contributed by atoms with Crippen molar-refractivity contribution in [2.45, 2.75) is 25.9 Å². The Morgan fingerprint density at radius 3 is 2.53 bits per heavy atom. The molecule has 2 aromatic heterocycles. The Hall–Kier alpha value is -4.33. The molecule has 11 heteroatoms. The van der Waals surface area contributed by atoms with Crippen LogP contribution < -0.4 is 15.2 Å². The molecule has 3 aromatic rings. The molecule has 1 fully saturated rings. The highest BCUT2D eigenvalue weighted by molar-refractivity contribution is 5.90. The van der Waals surface area contributed by atoms with Crippen LogP contribution in [0, 0.1) is 19.3 Å². The minimum absolute atomic E-state index is 0.00335. The van der Waals surface area contributed by atoms with Gasteiger partial charge in [0, 0.05) is 38.3 Å². The summed E-state index contributed by atoms with van der Waals surface area (Å²) in [6.07, 6.45) is 4.48. The van der Waals surface area contributed by atoms with Crippen LogP contribution >= 0.6 is 0 Å². The highest BCUT2D eigenvalue weighted by atomic mass is 19.1. The van der Waals surface area contributed by atoms with Crippen LogP contribution in [0.4, 0.5) is 16.0 Å². The topological polar surface area (TPSA) is 104 Å². The van der Waals surface area contributed by atoms with E-state index in [-0.39, 0.29) is 28.9 Å². The zero-order valence-corrected chi connectivity index (χ0v) is 18.6. The van der Waals surface area contributed by atoms with Crippen LogP contribution in [-0.4, -0.2) is 52.0 Å². The van der Waals surface area contributed by atoms with E-state index >= 15 is 0 Å². The number of hydrogen-bond acceptors (Lipinski definition) is 8. The van der Waals surface area contributed by atoms with Gasteiger partial charge in [0.15, 0.2) is 5.75 Å². The average Bonchev–Trinajstić information content (AvgIpc) is 2.85. The molecule has 4 rings (SSSR count). The van der Waals surface area contributed by atoms with Gasteiger partial charge in [-0.3, -0.25) is 4.79 Å². The van der Waals surface area contributed by atoms with Crippen molar-refractivity contribution in [2.75, 3.05) is 25.1 Å². The van der Waals surface area contributed by atoms with E-state index in [1.807, 2.05) is 11.8 Å². The summed E-state index contributed by atoms with van der Waals surface area (Å²) < 4.78 is 25.7. The normalized spacial score (nSPS) is 13.9. The van der Waals surface area contributed by atoms with Crippen molar-refractivity contribution in [3.05, 3.63) is 75.5 Å². The lowest BCUT2D eigenvalue weighted by Crippen LogP contribution is -2.39. The van der Waals surface area contributed by atoms with Crippen LogP contribution in [0.1, 0.15) is 28.9 Å². The molecule has 0 spiro atoms. The number of methoxy groups -OCH3 is 1. The summed E-state index contributed by atoms with van der Waals surface area (Å²) in [5.41, 5.74) is 0.0270. The summed E-state index contributed by atoms with van der Waals surface area (Å²) in [5, 5.41) is 4.08. The van der Waals surface area contributed by atoms with Crippen molar-refractivity contribution < 1.29 is 18.7 Å². The van der Waals surface area contributed by atoms with Gasteiger partial charge in [-0.05, 0) is 24.6 Å². The molecule has 1 aromatic carbocycles. The first-order valence-electron chi connectivity index (χ1n) is 10.5. The number of carbonyl (C=O) groups excluding carboxylic acids is 1. The van der Waals surface area contributed by atoms with E-state index in [1.54, 1.807) is 12.4 Å². The highest BCUT2D eigenvalue weighted by Crippen LogP contribution is 2.24. The van der Waals surface area contributed by atoms with Gasteiger partial charge in [0.25, 0.3) is 5.56 Å². The molecule has 0 radical (unpaired) electrons. The first-order chi connectivity index (χ1) is 16.4. The zero-order chi connectivity index (χ0) is 24.2. The van der Waals surface area contributed by atoms with E-state index in [4.69, 9.17) is 16.0 Å². The summed E-state index contributed by atoms with van der Waals surface area (Å²) in [4.78, 5) is 38.9. The second-order valence-corrected chi connectivity index (χ2v) is 7.71. The van der Waals surface area contributed by atoms with Crippen molar-refractivity contribution >= 4 is 17.6 Å². The van der Waals surface area contributed by atoms with Crippen molar-refractivity contribution in [2.24, 2.45) is 0 Å². The maximum Gasteiger partial charge on any atom is 0.362 e. The number of aromatic nitrogens is 4. The Morgan fingerprint density at radius 1 is 1.21 bits per heavy atom. The average molecular weight is 464 g/mol. The summed E-state index contributed by atoms with van der Waals surface area (Å²) >= 11 is 0. The number of esters is 1. The molecule has 0 bridgehead atoms. The number of rotatable bonds is 5. The number of benzene rings is 1. The smallest absolute Gasteiger partial charge is 0.362 e. The van der Waals surface area contributed by atoms with E-state index in [2.05, 4.69) is 19.9 Å². The third-order valence-electron chi connectivity index (χ3n) is 5.36. The molecular weight excluding hydrogens is 443 g/mol. The number of piperidine rings is 1. The molecule has 0 N–H and O–H groups in total. The molecule has 1 saturated heterocycles. The number of halogens is 1. The maximum absolute atomic E-state index is 14.1. The van der Waals surface area contributed by atoms with Gasteiger partial charge < -0.3 is 14.4 Å². The molecule has 3 heterocycles. The Balaban J connectivity index is 1.56. The quantitative estimate of drug-likeness (QED) is 0.420. The van der Waals surface area contributed by atoms with Gasteiger partial charge in [-0.25, -0.2) is 24.0 Å². The van der Waals surface area contributed by atoms with Crippen LogP contribution in [-0.2, 0) is 4.74 Å². The Morgan fingerprint density at radius 2 is 1.91 bits per heavy atom. The first-order valence-corrected chi connectivity index (χ1v) is 10.5. The highest BCUT2D eigenvalue weighted by Gasteiger charge is 2.26. The summed E-state index contributed by atoms with van der Waals surface area (Å²) in [5.74, 6) is -0.964. The Labute approximate surface area is 194 Å². The molecule has 0 aliphatic carbocycles. The predicted molar refractivity (Wildman–Crippen MR) is 120 cm³/mol. The fourth-order valence-corrected chi connectivity index (χ4v) is 3.57. The van der Waals surface area contributed by atoms with Gasteiger partial charge in [-0.15, -0.1) is 0 Å². The molecular formula is C23H21FN6O4. The summed E-state index contributed by atoms with van der Waals surface area (Å²) in [6, 6.07) is 4.75. The van der Waals surface area contributed by atoms with Crippen molar-refractivity contribution in [1.82, 2.24) is 19.7 Å². The lowest BCUT2D eigenvalue weighted by atomic mass is 10.1. The molecule has 0 saturated carbocycles. The van der Waals surface area contributed by atoms with Crippen LogP contribution in [0.3, 0.4) is 0 Å². The second kappa shape index (κ2) is 9.66. The largest absolute Gasteiger partial charge is 0.487 e. The molecule has 34 heavy (non-hydrogen) atoms. The van der Waals surface area contributed by atoms with Gasteiger partial charge in [-0.1, -0.05) is 6.07 Å². The van der Waals surface area contributed by atoms with Crippen molar-refractivity contribution in [3.8, 4) is 11.4 Å². The van der Waals surface area contributed by atoms with Crippen LogP contribution in [0.5, 0.6) is 5.75 Å².